The zero-order valence-corrected chi connectivity index (χ0v) is 51.9. The van der Waals surface area contributed by atoms with Crippen molar-refractivity contribution in [1.82, 2.24) is 0 Å². The summed E-state index contributed by atoms with van der Waals surface area (Å²) < 4.78 is 17.0. The fraction of sp³-hybridized carbons (Fsp3) is 0.792. The van der Waals surface area contributed by atoms with Gasteiger partial charge in [0.1, 0.15) is 13.2 Å². The van der Waals surface area contributed by atoms with Gasteiger partial charge in [0.2, 0.25) is 0 Å². The molecule has 0 bridgehead atoms. The molecule has 1 atom stereocenters. The van der Waals surface area contributed by atoms with E-state index in [0.717, 1.165) is 96.3 Å². The lowest BCUT2D eigenvalue weighted by molar-refractivity contribution is -0.167. The van der Waals surface area contributed by atoms with Crippen LogP contribution in [0.15, 0.2) is 72.9 Å². The highest BCUT2D eigenvalue weighted by atomic mass is 16.6. The normalized spacial score (nSPS) is 12.5. The summed E-state index contributed by atoms with van der Waals surface area (Å²) in [5.74, 6) is -0.853. The molecule has 0 amide bonds. The van der Waals surface area contributed by atoms with Crippen LogP contribution in [0.25, 0.3) is 0 Å². The summed E-state index contributed by atoms with van der Waals surface area (Å²) in [7, 11) is 0. The van der Waals surface area contributed by atoms with Crippen LogP contribution in [0.1, 0.15) is 348 Å². The van der Waals surface area contributed by atoms with Gasteiger partial charge in [0, 0.05) is 19.3 Å². The molecule has 0 aliphatic rings. The van der Waals surface area contributed by atoms with E-state index in [0.29, 0.717) is 19.3 Å². The molecule has 6 heteroatoms. The average molecular weight is 1090 g/mol. The van der Waals surface area contributed by atoms with Crippen LogP contribution in [0.3, 0.4) is 0 Å². The van der Waals surface area contributed by atoms with E-state index in [2.05, 4.69) is 93.7 Å². The van der Waals surface area contributed by atoms with Crippen molar-refractivity contribution in [3.63, 3.8) is 0 Å². The molecule has 0 aromatic carbocycles. The van der Waals surface area contributed by atoms with E-state index in [-0.39, 0.29) is 31.1 Å². The maximum Gasteiger partial charge on any atom is 0.306 e. The number of hydrogen-bond donors (Lipinski definition) is 0. The second-order valence-electron chi connectivity index (χ2n) is 22.7. The van der Waals surface area contributed by atoms with Gasteiger partial charge >= 0.3 is 17.9 Å². The fourth-order valence-electron chi connectivity index (χ4n) is 9.92. The Morgan fingerprint density at radius 3 is 0.782 bits per heavy atom. The monoisotopic (exact) mass is 1090 g/mol. The second-order valence-corrected chi connectivity index (χ2v) is 22.7. The summed E-state index contributed by atoms with van der Waals surface area (Å²) in [6.07, 6.45) is 86.3. The first-order chi connectivity index (χ1) is 38.5. The molecule has 452 valence electrons. The molecule has 0 heterocycles. The first-order valence-corrected chi connectivity index (χ1v) is 33.9. The quantitative estimate of drug-likeness (QED) is 0.0261. The van der Waals surface area contributed by atoms with Gasteiger partial charge in [-0.3, -0.25) is 14.4 Å². The number of allylic oxidation sites excluding steroid dienone is 12. The smallest absolute Gasteiger partial charge is 0.306 e. The van der Waals surface area contributed by atoms with Gasteiger partial charge in [-0.05, 0) is 70.6 Å². The Bertz CT molecular complexity index is 1440. The van der Waals surface area contributed by atoms with Crippen molar-refractivity contribution in [2.24, 2.45) is 0 Å². The highest BCUT2D eigenvalue weighted by Crippen LogP contribution is 2.18. The van der Waals surface area contributed by atoms with E-state index < -0.39 is 6.10 Å². The highest BCUT2D eigenvalue weighted by molar-refractivity contribution is 5.71. The van der Waals surface area contributed by atoms with E-state index in [1.54, 1.807) is 0 Å². The minimum atomic E-state index is -0.774. The van der Waals surface area contributed by atoms with Gasteiger partial charge in [-0.2, -0.15) is 0 Å². The molecule has 0 aliphatic heterocycles. The summed E-state index contributed by atoms with van der Waals surface area (Å²) in [5, 5.41) is 0. The average Bonchev–Trinajstić information content (AvgIpc) is 3.44. The maximum absolute atomic E-state index is 12.9. The lowest BCUT2D eigenvalue weighted by atomic mass is 10.0. The molecular weight excluding hydrogens is 961 g/mol. The molecule has 0 rings (SSSR count). The predicted octanol–water partition coefficient (Wildman–Crippen LogP) is 23.3. The molecule has 0 spiro atoms. The van der Waals surface area contributed by atoms with Crippen LogP contribution in [0.5, 0.6) is 0 Å². The van der Waals surface area contributed by atoms with Gasteiger partial charge in [-0.15, -0.1) is 0 Å². The summed E-state index contributed by atoms with van der Waals surface area (Å²) in [5.41, 5.74) is 0. The van der Waals surface area contributed by atoms with E-state index in [1.807, 2.05) is 0 Å². The standard InChI is InChI=1S/C72H128O6/c1-4-7-10-13-16-19-22-25-27-29-31-32-33-34-35-36-37-38-39-40-41-43-44-47-50-53-56-59-62-65-71(74)77-68-69(67-76-70(73)64-61-58-55-52-49-46-24-21-18-15-12-9-6-3)78-72(75)66-63-60-57-54-51-48-45-42-30-28-26-23-20-17-14-11-8-5-2/h7,10,16,19,25,27,31-32,34-35,37-38,69H,4-6,8-9,11-15,17-18,20-24,26,28-30,33,36,39-68H2,1-3H3/b10-7-,19-16-,27-25-,32-31-,35-34-,38-37-. The first-order valence-electron chi connectivity index (χ1n) is 33.9. The second kappa shape index (κ2) is 66.4. The number of esters is 3. The molecule has 0 radical (unpaired) electrons. The van der Waals surface area contributed by atoms with E-state index >= 15 is 0 Å². The first kappa shape index (κ1) is 74.8. The van der Waals surface area contributed by atoms with E-state index in [4.69, 9.17) is 14.2 Å². The lowest BCUT2D eigenvalue weighted by Gasteiger charge is -2.18. The Morgan fingerprint density at radius 1 is 0.269 bits per heavy atom. The number of ether oxygens (including phenoxy) is 3. The Kier molecular flexibility index (Phi) is 63.7. The van der Waals surface area contributed by atoms with Crippen LogP contribution < -0.4 is 0 Å². The molecule has 6 nitrogen and oxygen atoms in total. The summed E-state index contributed by atoms with van der Waals surface area (Å²) in [4.78, 5) is 38.4. The van der Waals surface area contributed by atoms with E-state index in [9.17, 15) is 14.4 Å². The Hall–Kier alpha value is -3.15. The van der Waals surface area contributed by atoms with Crippen LogP contribution in [0.2, 0.25) is 0 Å². The van der Waals surface area contributed by atoms with Crippen LogP contribution in [-0.2, 0) is 28.6 Å². The largest absolute Gasteiger partial charge is 0.462 e. The number of carbonyl (C=O) groups excluding carboxylic acids is 3. The van der Waals surface area contributed by atoms with Crippen molar-refractivity contribution < 1.29 is 28.6 Å². The van der Waals surface area contributed by atoms with Gasteiger partial charge in [0.15, 0.2) is 6.10 Å². The van der Waals surface area contributed by atoms with Gasteiger partial charge in [0.05, 0.1) is 0 Å². The van der Waals surface area contributed by atoms with E-state index in [1.165, 1.54) is 212 Å². The number of unbranched alkanes of at least 4 members (excludes halogenated alkanes) is 39. The number of carbonyl (C=O) groups is 3. The van der Waals surface area contributed by atoms with Crippen LogP contribution >= 0.6 is 0 Å². The van der Waals surface area contributed by atoms with Gasteiger partial charge in [0.25, 0.3) is 0 Å². The Balaban J connectivity index is 4.25. The molecule has 1 unspecified atom stereocenters. The molecule has 0 N–H and O–H groups in total. The van der Waals surface area contributed by atoms with Crippen LogP contribution in [0, 0.1) is 0 Å². The highest BCUT2D eigenvalue weighted by Gasteiger charge is 2.19. The molecule has 0 aromatic heterocycles. The SMILES string of the molecule is CC/C=C\C/C=C\C/C=C\C/C=C\C/C=C\C/C=C\CCCCCCCCCCCCC(=O)OCC(COC(=O)CCCCCCCCCCCCCCC)OC(=O)CCCCCCCCCCCCCCCCCCCC. The lowest BCUT2D eigenvalue weighted by Crippen LogP contribution is -2.30. The minimum absolute atomic E-state index is 0.0705. The van der Waals surface area contributed by atoms with Crippen LogP contribution in [-0.4, -0.2) is 37.2 Å². The van der Waals surface area contributed by atoms with Crippen molar-refractivity contribution in [2.45, 2.75) is 354 Å². The van der Waals surface area contributed by atoms with Crippen molar-refractivity contribution in [2.75, 3.05) is 13.2 Å². The van der Waals surface area contributed by atoms with Crippen molar-refractivity contribution in [1.29, 1.82) is 0 Å². The van der Waals surface area contributed by atoms with Gasteiger partial charge in [-0.1, -0.05) is 331 Å². The molecule has 78 heavy (non-hydrogen) atoms. The van der Waals surface area contributed by atoms with Crippen molar-refractivity contribution >= 4 is 17.9 Å². The molecule has 0 saturated heterocycles. The van der Waals surface area contributed by atoms with Gasteiger partial charge < -0.3 is 14.2 Å². The maximum atomic E-state index is 12.9. The molecule has 0 aromatic rings. The third-order valence-corrected chi connectivity index (χ3v) is 15.0. The fourth-order valence-corrected chi connectivity index (χ4v) is 9.92. The van der Waals surface area contributed by atoms with Crippen molar-refractivity contribution in [3.05, 3.63) is 72.9 Å². The third-order valence-electron chi connectivity index (χ3n) is 15.0. The number of rotatable bonds is 62. The number of hydrogen-bond acceptors (Lipinski definition) is 6. The van der Waals surface area contributed by atoms with Crippen molar-refractivity contribution in [3.8, 4) is 0 Å². The summed E-state index contributed by atoms with van der Waals surface area (Å²) in [6.45, 7) is 6.58. The summed E-state index contributed by atoms with van der Waals surface area (Å²) in [6, 6.07) is 0. The minimum Gasteiger partial charge on any atom is -0.462 e. The Morgan fingerprint density at radius 2 is 0.500 bits per heavy atom. The molecule has 0 fully saturated rings. The predicted molar refractivity (Wildman–Crippen MR) is 339 cm³/mol. The molecular formula is C72H128O6. The third kappa shape index (κ3) is 63.7. The zero-order chi connectivity index (χ0) is 56.4. The summed E-state index contributed by atoms with van der Waals surface area (Å²) >= 11 is 0. The molecule has 0 saturated carbocycles. The van der Waals surface area contributed by atoms with Crippen LogP contribution in [0.4, 0.5) is 0 Å². The zero-order valence-electron chi connectivity index (χ0n) is 51.9. The van der Waals surface area contributed by atoms with Gasteiger partial charge in [-0.25, -0.2) is 0 Å². The molecule has 0 aliphatic carbocycles. The topological polar surface area (TPSA) is 78.9 Å². The Labute approximate surface area is 484 Å².